The minimum atomic E-state index is -3.48. The SMILES string of the molecule is Cc1cc(CN)cc(S(=O)(=O)NCC2CC2C)c1Br. The summed E-state index contributed by atoms with van der Waals surface area (Å²) in [4.78, 5) is 0.279. The molecule has 1 aromatic rings. The second-order valence-electron chi connectivity index (χ2n) is 5.25. The van der Waals surface area contributed by atoms with Gasteiger partial charge in [0, 0.05) is 17.6 Å². The molecule has 0 aromatic heterocycles. The van der Waals surface area contributed by atoms with Gasteiger partial charge in [-0.05, 0) is 58.3 Å². The van der Waals surface area contributed by atoms with Gasteiger partial charge in [-0.15, -0.1) is 0 Å². The van der Waals surface area contributed by atoms with Crippen LogP contribution in [0.25, 0.3) is 0 Å². The van der Waals surface area contributed by atoms with Crippen molar-refractivity contribution in [3.8, 4) is 0 Å². The summed E-state index contributed by atoms with van der Waals surface area (Å²) >= 11 is 3.35. The van der Waals surface area contributed by atoms with Crippen molar-refractivity contribution >= 4 is 26.0 Å². The van der Waals surface area contributed by atoms with Gasteiger partial charge in [-0.2, -0.15) is 0 Å². The van der Waals surface area contributed by atoms with Crippen LogP contribution in [0.15, 0.2) is 21.5 Å². The molecule has 2 rings (SSSR count). The van der Waals surface area contributed by atoms with E-state index in [1.807, 2.05) is 13.0 Å². The zero-order valence-corrected chi connectivity index (χ0v) is 13.5. The zero-order valence-electron chi connectivity index (χ0n) is 11.1. The Morgan fingerprint density at radius 3 is 2.63 bits per heavy atom. The van der Waals surface area contributed by atoms with Gasteiger partial charge < -0.3 is 5.73 Å². The molecule has 2 unspecified atom stereocenters. The summed E-state index contributed by atoms with van der Waals surface area (Å²) in [6, 6.07) is 3.53. The van der Waals surface area contributed by atoms with Gasteiger partial charge in [-0.1, -0.05) is 13.0 Å². The minimum absolute atomic E-state index is 0.279. The van der Waals surface area contributed by atoms with E-state index in [1.54, 1.807) is 6.07 Å². The van der Waals surface area contributed by atoms with Crippen molar-refractivity contribution in [3.63, 3.8) is 0 Å². The van der Waals surface area contributed by atoms with Gasteiger partial charge in [0.15, 0.2) is 0 Å². The number of rotatable bonds is 5. The molecule has 0 amide bonds. The smallest absolute Gasteiger partial charge is 0.241 e. The maximum absolute atomic E-state index is 12.3. The van der Waals surface area contributed by atoms with Crippen molar-refractivity contribution in [2.45, 2.75) is 31.7 Å². The molecule has 0 bridgehead atoms. The number of hydrogen-bond acceptors (Lipinski definition) is 3. The largest absolute Gasteiger partial charge is 0.326 e. The second-order valence-corrected chi connectivity index (χ2v) is 7.78. The van der Waals surface area contributed by atoms with Crippen LogP contribution in [-0.2, 0) is 16.6 Å². The molecule has 4 nitrogen and oxygen atoms in total. The monoisotopic (exact) mass is 346 g/mol. The molecule has 1 aliphatic rings. The summed E-state index contributed by atoms with van der Waals surface area (Å²) in [6.07, 6.45) is 1.10. The zero-order chi connectivity index (χ0) is 14.2. The molecule has 6 heteroatoms. The minimum Gasteiger partial charge on any atom is -0.326 e. The number of hydrogen-bond donors (Lipinski definition) is 2. The van der Waals surface area contributed by atoms with Gasteiger partial charge in [0.05, 0.1) is 4.90 Å². The average Bonchev–Trinajstić information content (AvgIpc) is 3.06. The summed E-state index contributed by atoms with van der Waals surface area (Å²) in [7, 11) is -3.48. The van der Waals surface area contributed by atoms with E-state index in [4.69, 9.17) is 5.73 Å². The molecule has 0 spiro atoms. The second kappa shape index (κ2) is 5.52. The number of sulfonamides is 1. The lowest BCUT2D eigenvalue weighted by Gasteiger charge is -2.12. The van der Waals surface area contributed by atoms with Gasteiger partial charge in [0.2, 0.25) is 10.0 Å². The molecule has 0 radical (unpaired) electrons. The van der Waals surface area contributed by atoms with E-state index in [-0.39, 0.29) is 4.90 Å². The lowest BCUT2D eigenvalue weighted by Crippen LogP contribution is -2.27. The third-order valence-corrected chi connectivity index (χ3v) is 6.38. The van der Waals surface area contributed by atoms with Crippen molar-refractivity contribution in [1.82, 2.24) is 4.72 Å². The third kappa shape index (κ3) is 3.37. The highest BCUT2D eigenvalue weighted by Crippen LogP contribution is 2.37. The molecular formula is C13H19BrN2O2S. The van der Waals surface area contributed by atoms with Crippen molar-refractivity contribution in [1.29, 1.82) is 0 Å². The van der Waals surface area contributed by atoms with E-state index in [0.29, 0.717) is 29.4 Å². The topological polar surface area (TPSA) is 72.2 Å². The quantitative estimate of drug-likeness (QED) is 0.857. The highest BCUT2D eigenvalue weighted by atomic mass is 79.9. The lowest BCUT2D eigenvalue weighted by molar-refractivity contribution is 0.574. The molecule has 1 aliphatic carbocycles. The van der Waals surface area contributed by atoms with Crippen LogP contribution in [-0.4, -0.2) is 15.0 Å². The normalized spacial score (nSPS) is 22.5. The molecular weight excluding hydrogens is 328 g/mol. The summed E-state index contributed by atoms with van der Waals surface area (Å²) in [5, 5.41) is 0. The average molecular weight is 347 g/mol. The van der Waals surface area contributed by atoms with Crippen LogP contribution in [0, 0.1) is 18.8 Å². The molecule has 1 saturated carbocycles. The first-order valence-electron chi connectivity index (χ1n) is 6.34. The summed E-state index contributed by atoms with van der Waals surface area (Å²) < 4.78 is 28.0. The van der Waals surface area contributed by atoms with Gasteiger partial charge in [-0.3, -0.25) is 0 Å². The van der Waals surface area contributed by atoms with Crippen molar-refractivity contribution in [2.24, 2.45) is 17.6 Å². The Balaban J connectivity index is 2.25. The number of halogens is 1. The van der Waals surface area contributed by atoms with Gasteiger partial charge >= 0.3 is 0 Å². The molecule has 0 saturated heterocycles. The Kier molecular flexibility index (Phi) is 4.35. The summed E-state index contributed by atoms with van der Waals surface area (Å²) in [5.41, 5.74) is 7.30. The Bertz CT molecular complexity index is 587. The van der Waals surface area contributed by atoms with E-state index in [2.05, 4.69) is 27.6 Å². The summed E-state index contributed by atoms with van der Waals surface area (Å²) in [5.74, 6) is 1.11. The molecule has 0 aliphatic heterocycles. The van der Waals surface area contributed by atoms with Crippen LogP contribution in [0.4, 0.5) is 0 Å². The van der Waals surface area contributed by atoms with Crippen LogP contribution in [0.3, 0.4) is 0 Å². The van der Waals surface area contributed by atoms with Crippen LogP contribution >= 0.6 is 15.9 Å². The van der Waals surface area contributed by atoms with E-state index in [1.165, 1.54) is 0 Å². The maximum atomic E-state index is 12.3. The van der Waals surface area contributed by atoms with Crippen molar-refractivity contribution < 1.29 is 8.42 Å². The van der Waals surface area contributed by atoms with Crippen molar-refractivity contribution in [2.75, 3.05) is 6.54 Å². The summed E-state index contributed by atoms with van der Waals surface area (Å²) in [6.45, 7) is 4.84. The third-order valence-electron chi connectivity index (χ3n) is 3.62. The predicted molar refractivity (Wildman–Crippen MR) is 79.2 cm³/mol. The molecule has 106 valence electrons. The number of benzene rings is 1. The fourth-order valence-electron chi connectivity index (χ4n) is 2.10. The number of aryl methyl sites for hydroxylation is 1. The van der Waals surface area contributed by atoms with E-state index >= 15 is 0 Å². The Morgan fingerprint density at radius 1 is 1.47 bits per heavy atom. The predicted octanol–water partition coefficient (Wildman–Crippen LogP) is 2.15. The van der Waals surface area contributed by atoms with E-state index in [9.17, 15) is 8.42 Å². The van der Waals surface area contributed by atoms with Crippen LogP contribution in [0.1, 0.15) is 24.5 Å². The molecule has 0 heterocycles. The first-order chi connectivity index (χ1) is 8.85. The Labute approximate surface area is 122 Å². The fourth-order valence-corrected chi connectivity index (χ4v) is 4.26. The van der Waals surface area contributed by atoms with Gasteiger partial charge in [-0.25, -0.2) is 13.1 Å². The van der Waals surface area contributed by atoms with Gasteiger partial charge in [0.1, 0.15) is 0 Å². The Morgan fingerprint density at radius 2 is 2.11 bits per heavy atom. The molecule has 2 atom stereocenters. The lowest BCUT2D eigenvalue weighted by atomic mass is 10.1. The standard InChI is InChI=1S/C13H19BrN2O2S/c1-8-4-11(8)7-16-19(17,18)12-5-10(6-15)3-9(2)13(12)14/h3,5,8,11,16H,4,6-7,15H2,1-2H3. The van der Waals surface area contributed by atoms with E-state index in [0.717, 1.165) is 17.5 Å². The molecule has 1 fully saturated rings. The van der Waals surface area contributed by atoms with Crippen LogP contribution < -0.4 is 10.5 Å². The fraction of sp³-hybridized carbons (Fsp3) is 0.538. The highest BCUT2D eigenvalue weighted by molar-refractivity contribution is 9.10. The Hall–Kier alpha value is -0.430. The number of nitrogens with one attached hydrogen (secondary N) is 1. The first-order valence-corrected chi connectivity index (χ1v) is 8.61. The van der Waals surface area contributed by atoms with E-state index < -0.39 is 10.0 Å². The van der Waals surface area contributed by atoms with Gasteiger partial charge in [0.25, 0.3) is 0 Å². The molecule has 1 aromatic carbocycles. The van der Waals surface area contributed by atoms with Crippen molar-refractivity contribution in [3.05, 3.63) is 27.7 Å². The first kappa shape index (κ1) is 15.0. The highest BCUT2D eigenvalue weighted by Gasteiger charge is 2.33. The molecule has 19 heavy (non-hydrogen) atoms. The maximum Gasteiger partial charge on any atom is 0.241 e. The van der Waals surface area contributed by atoms with Crippen LogP contribution in [0.5, 0.6) is 0 Å². The molecule has 3 N–H and O–H groups in total. The number of nitrogens with two attached hydrogens (primary N) is 1. The van der Waals surface area contributed by atoms with Crippen LogP contribution in [0.2, 0.25) is 0 Å².